The third kappa shape index (κ3) is 2.57. The molecule has 7 heteroatoms. The van der Waals surface area contributed by atoms with Crippen molar-refractivity contribution in [1.82, 2.24) is 29.2 Å². The average Bonchev–Trinajstić information content (AvgIpc) is 3.34. The van der Waals surface area contributed by atoms with Crippen LogP contribution in [0.1, 0.15) is 35.5 Å². The minimum absolute atomic E-state index is 0.0369. The van der Waals surface area contributed by atoms with Gasteiger partial charge in [-0.05, 0) is 38.4 Å². The number of imidazole rings is 2. The lowest BCUT2D eigenvalue weighted by Gasteiger charge is -2.49. The first-order valence-corrected chi connectivity index (χ1v) is 10.0. The monoisotopic (exact) mass is 378 g/mol. The van der Waals surface area contributed by atoms with Gasteiger partial charge in [0.1, 0.15) is 5.65 Å². The maximum absolute atomic E-state index is 13.0. The number of aromatic nitrogens is 4. The van der Waals surface area contributed by atoms with E-state index >= 15 is 0 Å². The normalized spacial score (nSPS) is 19.3. The summed E-state index contributed by atoms with van der Waals surface area (Å²) in [5.41, 5.74) is 5.41. The molecule has 5 heterocycles. The number of carbonyl (C=O) groups excluding carboxylic acids is 1. The van der Waals surface area contributed by atoms with Crippen molar-refractivity contribution in [3.8, 4) is 0 Å². The van der Waals surface area contributed by atoms with Gasteiger partial charge in [0.2, 0.25) is 5.91 Å². The number of likely N-dealkylation sites (N-methyl/N-ethyl adjacent to an activating group) is 1. The second-order valence-electron chi connectivity index (χ2n) is 8.12. The molecule has 7 nitrogen and oxygen atoms in total. The number of aryl methyl sites for hydroxylation is 1. The Labute approximate surface area is 164 Å². The van der Waals surface area contributed by atoms with Gasteiger partial charge in [-0.1, -0.05) is 6.07 Å². The van der Waals surface area contributed by atoms with E-state index in [4.69, 9.17) is 0 Å². The summed E-state index contributed by atoms with van der Waals surface area (Å²) in [6.07, 6.45) is 8.90. The van der Waals surface area contributed by atoms with Crippen molar-refractivity contribution < 1.29 is 4.79 Å². The van der Waals surface area contributed by atoms with Crippen LogP contribution in [0.3, 0.4) is 0 Å². The molecule has 1 spiro atoms. The maximum Gasteiger partial charge on any atom is 0.228 e. The van der Waals surface area contributed by atoms with Crippen molar-refractivity contribution in [1.29, 1.82) is 0 Å². The van der Waals surface area contributed by atoms with E-state index in [0.717, 1.165) is 55.8 Å². The standard InChI is InChI=1S/C21H26N6O/c1-15-4-3-8-27-16(13-22-20(15)27)12-18(28)26-10-6-21(7-11-26)19-17(23-14-24-19)5-9-25(21)2/h3-4,8,13-14H,5-7,9-12H2,1-2H3,(H,23,24). The van der Waals surface area contributed by atoms with Crippen molar-refractivity contribution >= 4 is 11.6 Å². The summed E-state index contributed by atoms with van der Waals surface area (Å²) in [5, 5.41) is 0. The summed E-state index contributed by atoms with van der Waals surface area (Å²) in [4.78, 5) is 29.9. The molecule has 0 aromatic carbocycles. The molecule has 1 saturated heterocycles. The van der Waals surface area contributed by atoms with Crippen molar-refractivity contribution in [2.45, 2.75) is 38.1 Å². The van der Waals surface area contributed by atoms with E-state index in [1.54, 1.807) is 0 Å². The summed E-state index contributed by atoms with van der Waals surface area (Å²) < 4.78 is 2.03. The summed E-state index contributed by atoms with van der Waals surface area (Å²) in [6.45, 7) is 4.61. The lowest BCUT2D eigenvalue weighted by Crippen LogP contribution is -2.55. The topological polar surface area (TPSA) is 69.5 Å². The van der Waals surface area contributed by atoms with Gasteiger partial charge in [-0.2, -0.15) is 0 Å². The van der Waals surface area contributed by atoms with Crippen LogP contribution in [-0.4, -0.2) is 61.7 Å². The molecule has 28 heavy (non-hydrogen) atoms. The quantitative estimate of drug-likeness (QED) is 0.740. The molecule has 1 fully saturated rings. The van der Waals surface area contributed by atoms with Gasteiger partial charge in [0.15, 0.2) is 0 Å². The number of amides is 1. The molecule has 0 radical (unpaired) electrons. The highest BCUT2D eigenvalue weighted by atomic mass is 16.2. The third-order valence-corrected chi connectivity index (χ3v) is 6.67. The third-order valence-electron chi connectivity index (χ3n) is 6.67. The van der Waals surface area contributed by atoms with Crippen LogP contribution in [0.4, 0.5) is 0 Å². The highest BCUT2D eigenvalue weighted by molar-refractivity contribution is 5.78. The van der Waals surface area contributed by atoms with E-state index in [2.05, 4.69) is 26.9 Å². The summed E-state index contributed by atoms with van der Waals surface area (Å²) in [7, 11) is 2.19. The van der Waals surface area contributed by atoms with Gasteiger partial charge < -0.3 is 14.3 Å². The molecule has 0 unspecified atom stereocenters. The summed E-state index contributed by atoms with van der Waals surface area (Å²) in [6, 6.07) is 4.05. The van der Waals surface area contributed by atoms with E-state index in [1.807, 2.05) is 47.1 Å². The molecule has 1 amide bonds. The zero-order valence-corrected chi connectivity index (χ0v) is 16.5. The fourth-order valence-corrected chi connectivity index (χ4v) is 4.93. The Bertz CT molecular complexity index is 1030. The lowest BCUT2D eigenvalue weighted by molar-refractivity contribution is -0.133. The molecular weight excluding hydrogens is 352 g/mol. The van der Waals surface area contributed by atoms with Crippen molar-refractivity contribution in [3.05, 3.63) is 53.5 Å². The molecule has 2 aliphatic heterocycles. The van der Waals surface area contributed by atoms with E-state index in [9.17, 15) is 4.79 Å². The average molecular weight is 378 g/mol. The summed E-state index contributed by atoms with van der Waals surface area (Å²) in [5.74, 6) is 0.180. The Balaban J connectivity index is 1.32. The van der Waals surface area contributed by atoms with E-state index in [0.29, 0.717) is 6.42 Å². The second kappa shape index (κ2) is 6.44. The zero-order chi connectivity index (χ0) is 19.3. The van der Waals surface area contributed by atoms with Crippen LogP contribution in [0.15, 0.2) is 30.9 Å². The number of carbonyl (C=O) groups is 1. The second-order valence-corrected chi connectivity index (χ2v) is 8.12. The van der Waals surface area contributed by atoms with Gasteiger partial charge in [-0.25, -0.2) is 9.97 Å². The number of hydrogen-bond donors (Lipinski definition) is 1. The van der Waals surface area contributed by atoms with Gasteiger partial charge in [-0.15, -0.1) is 0 Å². The Morgan fingerprint density at radius 3 is 2.89 bits per heavy atom. The predicted octanol–water partition coefficient (Wildman–Crippen LogP) is 1.91. The van der Waals surface area contributed by atoms with Gasteiger partial charge in [-0.3, -0.25) is 9.69 Å². The predicted molar refractivity (Wildman–Crippen MR) is 106 cm³/mol. The SMILES string of the molecule is Cc1cccn2c(CC(=O)N3CCC4(CC3)c3nc[nH]c3CCN4C)cnc12. The minimum Gasteiger partial charge on any atom is -0.348 e. The fraction of sp³-hybridized carbons (Fsp3) is 0.476. The van der Waals surface area contributed by atoms with Crippen LogP contribution in [0, 0.1) is 6.92 Å². The first-order valence-electron chi connectivity index (χ1n) is 10.0. The van der Waals surface area contributed by atoms with E-state index in [-0.39, 0.29) is 11.4 Å². The molecule has 0 bridgehead atoms. The number of pyridine rings is 1. The van der Waals surface area contributed by atoms with Gasteiger partial charge in [0.25, 0.3) is 0 Å². The Kier molecular flexibility index (Phi) is 4.01. The first kappa shape index (κ1) is 17.4. The van der Waals surface area contributed by atoms with E-state index < -0.39 is 0 Å². The molecule has 5 rings (SSSR count). The number of nitrogens with one attached hydrogen (secondary N) is 1. The highest BCUT2D eigenvalue weighted by Gasteiger charge is 2.45. The number of likely N-dealkylation sites (tertiary alicyclic amines) is 1. The first-order chi connectivity index (χ1) is 13.6. The van der Waals surface area contributed by atoms with Crippen LogP contribution < -0.4 is 0 Å². The van der Waals surface area contributed by atoms with Crippen LogP contribution in [0.5, 0.6) is 0 Å². The summed E-state index contributed by atoms with van der Waals surface area (Å²) >= 11 is 0. The Hall–Kier alpha value is -2.67. The highest BCUT2D eigenvalue weighted by Crippen LogP contribution is 2.41. The lowest BCUT2D eigenvalue weighted by atomic mass is 9.79. The van der Waals surface area contributed by atoms with Crippen molar-refractivity contribution in [2.24, 2.45) is 0 Å². The Morgan fingerprint density at radius 2 is 2.07 bits per heavy atom. The number of H-pyrrole nitrogens is 1. The number of nitrogens with zero attached hydrogens (tertiary/aromatic N) is 5. The molecular formula is C21H26N6O. The molecule has 2 aliphatic rings. The van der Waals surface area contributed by atoms with Gasteiger partial charge >= 0.3 is 0 Å². The number of piperidine rings is 1. The van der Waals surface area contributed by atoms with Gasteiger partial charge in [0, 0.05) is 44.1 Å². The van der Waals surface area contributed by atoms with Crippen molar-refractivity contribution in [2.75, 3.05) is 26.7 Å². The molecule has 3 aromatic heterocycles. The smallest absolute Gasteiger partial charge is 0.228 e. The number of aromatic amines is 1. The van der Waals surface area contributed by atoms with Gasteiger partial charge in [0.05, 0.1) is 29.7 Å². The van der Waals surface area contributed by atoms with Crippen LogP contribution in [0.2, 0.25) is 0 Å². The molecule has 0 atom stereocenters. The van der Waals surface area contributed by atoms with Crippen LogP contribution in [-0.2, 0) is 23.2 Å². The molecule has 3 aromatic rings. The Morgan fingerprint density at radius 1 is 1.25 bits per heavy atom. The van der Waals surface area contributed by atoms with E-state index in [1.165, 1.54) is 11.4 Å². The van der Waals surface area contributed by atoms with Crippen LogP contribution >= 0.6 is 0 Å². The van der Waals surface area contributed by atoms with Crippen molar-refractivity contribution in [3.63, 3.8) is 0 Å². The largest absolute Gasteiger partial charge is 0.348 e. The number of hydrogen-bond acceptors (Lipinski definition) is 4. The molecule has 1 N–H and O–H groups in total. The number of rotatable bonds is 2. The zero-order valence-electron chi connectivity index (χ0n) is 16.5. The number of fused-ring (bicyclic) bond motifs is 3. The fourth-order valence-electron chi connectivity index (χ4n) is 4.93. The molecule has 0 saturated carbocycles. The van der Waals surface area contributed by atoms with Crippen LogP contribution in [0.25, 0.3) is 5.65 Å². The minimum atomic E-state index is -0.0369. The molecule has 0 aliphatic carbocycles. The molecule has 146 valence electrons. The maximum atomic E-state index is 13.0.